The van der Waals surface area contributed by atoms with Gasteiger partial charge in [0, 0.05) is 17.8 Å². The number of hydrogen-bond acceptors (Lipinski definition) is 2. The van der Waals surface area contributed by atoms with E-state index in [0.717, 1.165) is 0 Å². The molecule has 100 valence electrons. The molecule has 2 heterocycles. The van der Waals surface area contributed by atoms with E-state index < -0.39 is 11.6 Å². The number of H-pyrrole nitrogens is 1. The van der Waals surface area contributed by atoms with Gasteiger partial charge >= 0.3 is 0 Å². The van der Waals surface area contributed by atoms with Crippen molar-refractivity contribution in [2.24, 2.45) is 0 Å². The molecule has 3 rings (SSSR count). The lowest BCUT2D eigenvalue weighted by molar-refractivity contribution is 0.103. The Morgan fingerprint density at radius 1 is 1.30 bits per heavy atom. The normalized spacial score (nSPS) is 10.9. The first-order chi connectivity index (χ1) is 9.59. The zero-order valence-corrected chi connectivity index (χ0v) is 11.3. The van der Waals surface area contributed by atoms with Crippen LogP contribution in [0.25, 0.3) is 11.0 Å². The lowest BCUT2D eigenvalue weighted by Gasteiger charge is -2.04. The Hall–Kier alpha value is -2.20. The van der Waals surface area contributed by atoms with Crippen LogP contribution in [-0.4, -0.2) is 15.8 Å². The highest BCUT2D eigenvalue weighted by Crippen LogP contribution is 2.27. The SMILES string of the molecule is Cc1cccc(C(=O)c2c[nH]c3nccc(Cl)c23)c1F. The highest BCUT2D eigenvalue weighted by Gasteiger charge is 2.20. The van der Waals surface area contributed by atoms with Crippen molar-refractivity contribution in [1.29, 1.82) is 0 Å². The number of pyridine rings is 1. The molecule has 3 aromatic rings. The molecule has 1 N–H and O–H groups in total. The molecule has 0 unspecified atom stereocenters. The number of hydrogen-bond donors (Lipinski definition) is 1. The minimum absolute atomic E-state index is 0.0332. The summed E-state index contributed by atoms with van der Waals surface area (Å²) in [4.78, 5) is 19.5. The zero-order valence-electron chi connectivity index (χ0n) is 10.6. The number of carbonyl (C=O) groups is 1. The average Bonchev–Trinajstić information content (AvgIpc) is 2.86. The number of carbonyl (C=O) groups excluding carboxylic acids is 1. The third-order valence-corrected chi connectivity index (χ3v) is 3.52. The number of aryl methyl sites for hydroxylation is 1. The number of nitrogens with one attached hydrogen (secondary N) is 1. The first-order valence-corrected chi connectivity index (χ1v) is 6.39. The Morgan fingerprint density at radius 2 is 2.10 bits per heavy atom. The van der Waals surface area contributed by atoms with Gasteiger partial charge in [-0.3, -0.25) is 4.79 Å². The third-order valence-electron chi connectivity index (χ3n) is 3.20. The minimum Gasteiger partial charge on any atom is -0.345 e. The van der Waals surface area contributed by atoms with E-state index in [1.807, 2.05) is 0 Å². The van der Waals surface area contributed by atoms with Gasteiger partial charge in [-0.05, 0) is 24.6 Å². The van der Waals surface area contributed by atoms with Crippen molar-refractivity contribution in [3.8, 4) is 0 Å². The molecule has 0 bridgehead atoms. The van der Waals surface area contributed by atoms with E-state index in [-0.39, 0.29) is 5.56 Å². The van der Waals surface area contributed by atoms with Gasteiger partial charge in [-0.2, -0.15) is 0 Å². The second-order valence-corrected chi connectivity index (χ2v) is 4.89. The molecule has 0 amide bonds. The summed E-state index contributed by atoms with van der Waals surface area (Å²) >= 11 is 6.10. The predicted molar refractivity (Wildman–Crippen MR) is 75.7 cm³/mol. The standard InChI is InChI=1S/C15H10ClFN2O/c1-8-3-2-4-9(13(8)17)14(20)10-7-19-15-12(10)11(16)5-6-18-15/h2-7H,1H3,(H,18,19). The van der Waals surface area contributed by atoms with Crippen LogP contribution in [0.3, 0.4) is 0 Å². The Balaban J connectivity index is 2.21. The van der Waals surface area contributed by atoms with E-state index in [2.05, 4.69) is 9.97 Å². The van der Waals surface area contributed by atoms with Gasteiger partial charge in [0.05, 0.1) is 16.1 Å². The molecule has 0 aliphatic heterocycles. The van der Waals surface area contributed by atoms with Crippen LogP contribution in [0.1, 0.15) is 21.5 Å². The number of halogens is 2. The van der Waals surface area contributed by atoms with Gasteiger partial charge in [0.2, 0.25) is 0 Å². The molecule has 0 aliphatic carbocycles. The van der Waals surface area contributed by atoms with Gasteiger partial charge in [0.15, 0.2) is 5.78 Å². The number of benzene rings is 1. The molecule has 0 spiro atoms. The second kappa shape index (κ2) is 4.72. The van der Waals surface area contributed by atoms with Crippen molar-refractivity contribution in [2.45, 2.75) is 6.92 Å². The van der Waals surface area contributed by atoms with E-state index in [4.69, 9.17) is 11.6 Å². The van der Waals surface area contributed by atoms with Crippen LogP contribution in [-0.2, 0) is 0 Å². The quantitative estimate of drug-likeness (QED) is 0.727. The average molecular weight is 289 g/mol. The predicted octanol–water partition coefficient (Wildman–Crippen LogP) is 3.89. The molecule has 0 radical (unpaired) electrons. The smallest absolute Gasteiger partial charge is 0.198 e. The Labute approximate surface area is 119 Å². The van der Waals surface area contributed by atoms with Crippen molar-refractivity contribution in [2.75, 3.05) is 0 Å². The van der Waals surface area contributed by atoms with Crippen LogP contribution < -0.4 is 0 Å². The molecular formula is C15H10ClFN2O. The first kappa shape index (κ1) is 12.8. The van der Waals surface area contributed by atoms with Gasteiger partial charge in [0.25, 0.3) is 0 Å². The molecule has 3 nitrogen and oxygen atoms in total. The second-order valence-electron chi connectivity index (χ2n) is 4.48. The maximum atomic E-state index is 14.1. The molecule has 1 aromatic carbocycles. The van der Waals surface area contributed by atoms with Crippen molar-refractivity contribution in [3.05, 3.63) is 64.2 Å². The van der Waals surface area contributed by atoms with Crippen LogP contribution in [0.4, 0.5) is 4.39 Å². The Morgan fingerprint density at radius 3 is 2.90 bits per heavy atom. The number of ketones is 1. The highest BCUT2D eigenvalue weighted by molar-refractivity contribution is 6.37. The van der Waals surface area contributed by atoms with Crippen molar-refractivity contribution >= 4 is 28.4 Å². The van der Waals surface area contributed by atoms with Crippen molar-refractivity contribution in [1.82, 2.24) is 9.97 Å². The van der Waals surface area contributed by atoms with Crippen LogP contribution in [0.5, 0.6) is 0 Å². The molecule has 0 saturated heterocycles. The van der Waals surface area contributed by atoms with Crippen molar-refractivity contribution < 1.29 is 9.18 Å². The summed E-state index contributed by atoms with van der Waals surface area (Å²) in [5.41, 5.74) is 1.29. The Bertz CT molecular complexity index is 826. The Kier molecular flexibility index (Phi) is 3.03. The summed E-state index contributed by atoms with van der Waals surface area (Å²) in [6.45, 7) is 1.62. The molecule has 0 aliphatic rings. The van der Waals surface area contributed by atoms with Gasteiger partial charge in [-0.1, -0.05) is 23.7 Å². The van der Waals surface area contributed by atoms with E-state index in [1.165, 1.54) is 12.3 Å². The summed E-state index contributed by atoms with van der Waals surface area (Å²) < 4.78 is 14.1. The lowest BCUT2D eigenvalue weighted by atomic mass is 10.0. The number of aromatic amines is 1. The summed E-state index contributed by atoms with van der Waals surface area (Å²) in [6.07, 6.45) is 3.05. The fraction of sp³-hybridized carbons (Fsp3) is 0.0667. The van der Waals surface area contributed by atoms with E-state index in [1.54, 1.807) is 31.3 Å². The van der Waals surface area contributed by atoms with Gasteiger partial charge < -0.3 is 4.98 Å². The van der Waals surface area contributed by atoms with Crippen LogP contribution in [0.15, 0.2) is 36.7 Å². The maximum absolute atomic E-state index is 14.1. The number of aromatic nitrogens is 2. The monoisotopic (exact) mass is 288 g/mol. The first-order valence-electron chi connectivity index (χ1n) is 6.01. The van der Waals surface area contributed by atoms with E-state index >= 15 is 0 Å². The molecule has 5 heteroatoms. The molecule has 0 saturated carbocycles. The minimum atomic E-state index is -0.508. The largest absolute Gasteiger partial charge is 0.345 e. The van der Waals surface area contributed by atoms with Gasteiger partial charge in [-0.15, -0.1) is 0 Å². The summed E-state index contributed by atoms with van der Waals surface area (Å²) in [5, 5.41) is 0.924. The highest BCUT2D eigenvalue weighted by atomic mass is 35.5. The molecule has 0 atom stereocenters. The van der Waals surface area contributed by atoms with Crippen LogP contribution in [0.2, 0.25) is 5.02 Å². The number of nitrogens with zero attached hydrogens (tertiary/aromatic N) is 1. The zero-order chi connectivity index (χ0) is 14.3. The molecule has 2 aromatic heterocycles. The molecule has 0 fully saturated rings. The fourth-order valence-electron chi connectivity index (χ4n) is 2.16. The summed E-state index contributed by atoms with van der Waals surface area (Å²) in [6, 6.07) is 6.34. The van der Waals surface area contributed by atoms with Gasteiger partial charge in [-0.25, -0.2) is 9.37 Å². The number of rotatable bonds is 2. The number of fused-ring (bicyclic) bond motifs is 1. The van der Waals surface area contributed by atoms with Crippen LogP contribution in [0, 0.1) is 12.7 Å². The summed E-state index contributed by atoms with van der Waals surface area (Å²) in [5.74, 6) is -0.917. The third kappa shape index (κ3) is 1.89. The van der Waals surface area contributed by atoms with Crippen molar-refractivity contribution in [3.63, 3.8) is 0 Å². The lowest BCUT2D eigenvalue weighted by Crippen LogP contribution is -2.05. The topological polar surface area (TPSA) is 45.8 Å². The molecule has 20 heavy (non-hydrogen) atoms. The van der Waals surface area contributed by atoms with Crippen LogP contribution >= 0.6 is 11.6 Å². The molecular weight excluding hydrogens is 279 g/mol. The fourth-order valence-corrected chi connectivity index (χ4v) is 2.41. The van der Waals surface area contributed by atoms with E-state index in [9.17, 15) is 9.18 Å². The summed E-state index contributed by atoms with van der Waals surface area (Å²) in [7, 11) is 0. The van der Waals surface area contributed by atoms with E-state index in [0.29, 0.717) is 27.2 Å². The maximum Gasteiger partial charge on any atom is 0.198 e. The van der Waals surface area contributed by atoms with Gasteiger partial charge in [0.1, 0.15) is 11.5 Å².